The molecule has 1 aliphatic carbocycles. The second-order valence-corrected chi connectivity index (χ2v) is 8.23. The molecule has 3 aromatic carbocycles. The molecule has 0 aliphatic heterocycles. The van der Waals surface area contributed by atoms with Gasteiger partial charge in [0.2, 0.25) is 5.65 Å². The third-order valence-corrected chi connectivity index (χ3v) is 6.12. The standard InChI is InChI=1S/C27H22N4/c1-17(2)18-11-12-21-19(15-18)16-24-22(21)9-6-10-23(24)27-29-26-25(13-14-28-30-26)31(27)20-7-4-3-5-8-20/h3-15,17H,16H2,1-2H3/i17D. The number of para-hydroxylation sites is 1. The molecule has 1 aliphatic rings. The minimum Gasteiger partial charge on any atom is -0.291 e. The summed E-state index contributed by atoms with van der Waals surface area (Å²) in [4.78, 5) is 4.92. The Bertz CT molecular complexity index is 1480. The summed E-state index contributed by atoms with van der Waals surface area (Å²) in [6.07, 6.45) is 2.54. The van der Waals surface area contributed by atoms with Gasteiger partial charge in [-0.25, -0.2) is 4.98 Å². The highest BCUT2D eigenvalue weighted by atomic mass is 15.2. The molecule has 5 aromatic rings. The fourth-order valence-corrected chi connectivity index (χ4v) is 4.60. The molecule has 4 nitrogen and oxygen atoms in total. The van der Waals surface area contributed by atoms with Crippen molar-refractivity contribution in [1.82, 2.24) is 19.7 Å². The van der Waals surface area contributed by atoms with Gasteiger partial charge in [0, 0.05) is 12.6 Å². The first-order chi connectivity index (χ1) is 15.5. The van der Waals surface area contributed by atoms with E-state index in [2.05, 4.69) is 63.3 Å². The lowest BCUT2D eigenvalue weighted by molar-refractivity contribution is 0.864. The summed E-state index contributed by atoms with van der Waals surface area (Å²) >= 11 is 0. The first kappa shape index (κ1) is 16.9. The van der Waals surface area contributed by atoms with Crippen molar-refractivity contribution < 1.29 is 1.37 Å². The van der Waals surface area contributed by atoms with Gasteiger partial charge >= 0.3 is 0 Å². The molecule has 0 spiro atoms. The Morgan fingerprint density at radius 3 is 2.58 bits per heavy atom. The highest BCUT2D eigenvalue weighted by molar-refractivity contribution is 5.87. The number of hydrogen-bond acceptors (Lipinski definition) is 3. The predicted molar refractivity (Wildman–Crippen MR) is 124 cm³/mol. The van der Waals surface area contributed by atoms with Crippen molar-refractivity contribution in [2.75, 3.05) is 0 Å². The van der Waals surface area contributed by atoms with E-state index in [9.17, 15) is 0 Å². The molecular formula is C27H22N4. The van der Waals surface area contributed by atoms with Crippen LogP contribution in [-0.4, -0.2) is 19.7 Å². The molecular weight excluding hydrogens is 380 g/mol. The van der Waals surface area contributed by atoms with Crippen LogP contribution in [0.15, 0.2) is 79.0 Å². The van der Waals surface area contributed by atoms with Crippen molar-refractivity contribution in [3.8, 4) is 28.2 Å². The lowest BCUT2D eigenvalue weighted by Crippen LogP contribution is -1.99. The van der Waals surface area contributed by atoms with E-state index < -0.39 is 5.89 Å². The van der Waals surface area contributed by atoms with Crippen molar-refractivity contribution in [3.63, 3.8) is 0 Å². The molecule has 150 valence electrons. The number of benzene rings is 3. The molecule has 0 N–H and O–H groups in total. The topological polar surface area (TPSA) is 43.6 Å². The maximum absolute atomic E-state index is 8.43. The van der Waals surface area contributed by atoms with Crippen molar-refractivity contribution in [2.24, 2.45) is 0 Å². The normalized spacial score (nSPS) is 13.2. The molecule has 4 heteroatoms. The Labute approximate surface area is 182 Å². The molecule has 0 fully saturated rings. The van der Waals surface area contributed by atoms with Crippen molar-refractivity contribution >= 4 is 11.2 Å². The molecule has 0 unspecified atom stereocenters. The first-order valence-electron chi connectivity index (χ1n) is 11.0. The quantitative estimate of drug-likeness (QED) is 0.354. The first-order valence-corrected chi connectivity index (χ1v) is 10.5. The molecule has 0 atom stereocenters. The van der Waals surface area contributed by atoms with Gasteiger partial charge in [0.15, 0.2) is 0 Å². The second kappa shape index (κ2) is 6.88. The fraction of sp³-hybridized carbons (Fsp3) is 0.148. The molecule has 0 amide bonds. The summed E-state index contributed by atoms with van der Waals surface area (Å²) in [5.74, 6) is 0.254. The van der Waals surface area contributed by atoms with Crippen molar-refractivity contribution in [3.05, 3.63) is 95.7 Å². The van der Waals surface area contributed by atoms with Crippen molar-refractivity contribution in [2.45, 2.75) is 26.2 Å². The molecule has 31 heavy (non-hydrogen) atoms. The van der Waals surface area contributed by atoms with E-state index in [1.165, 1.54) is 22.3 Å². The minimum absolute atomic E-state index is 0.618. The maximum Gasteiger partial charge on any atom is 0.200 e. The van der Waals surface area contributed by atoms with E-state index in [0.717, 1.165) is 34.6 Å². The Morgan fingerprint density at radius 1 is 0.903 bits per heavy atom. The average molecular weight is 404 g/mol. The van der Waals surface area contributed by atoms with E-state index in [1.807, 2.05) is 38.1 Å². The minimum atomic E-state index is -0.618. The van der Waals surface area contributed by atoms with Gasteiger partial charge in [-0.3, -0.25) is 4.57 Å². The predicted octanol–water partition coefficient (Wildman–Crippen LogP) is 6.18. The van der Waals surface area contributed by atoms with E-state index in [-0.39, 0.29) is 0 Å². The summed E-state index contributed by atoms with van der Waals surface area (Å²) in [6.45, 7) is 3.87. The molecule has 6 rings (SSSR count). The Kier molecular flexibility index (Phi) is 3.76. The largest absolute Gasteiger partial charge is 0.291 e. The zero-order chi connectivity index (χ0) is 21.9. The highest BCUT2D eigenvalue weighted by Crippen LogP contribution is 2.43. The van der Waals surface area contributed by atoms with Crippen LogP contribution in [0.2, 0.25) is 0 Å². The van der Waals surface area contributed by atoms with E-state index in [0.29, 0.717) is 5.65 Å². The molecule has 0 radical (unpaired) electrons. The summed E-state index contributed by atoms with van der Waals surface area (Å²) in [7, 11) is 0. The van der Waals surface area contributed by atoms with Crippen molar-refractivity contribution in [1.29, 1.82) is 0 Å². The van der Waals surface area contributed by atoms with Crippen LogP contribution in [-0.2, 0) is 6.42 Å². The monoisotopic (exact) mass is 403 g/mol. The van der Waals surface area contributed by atoms with Crippen LogP contribution in [0.5, 0.6) is 0 Å². The highest BCUT2D eigenvalue weighted by Gasteiger charge is 2.25. The van der Waals surface area contributed by atoms with Gasteiger partial charge in [0.05, 0.1) is 11.7 Å². The van der Waals surface area contributed by atoms with E-state index >= 15 is 0 Å². The van der Waals surface area contributed by atoms with Crippen LogP contribution in [0.25, 0.3) is 39.4 Å². The van der Waals surface area contributed by atoms with Gasteiger partial charge in [-0.2, -0.15) is 5.10 Å². The molecule has 0 bridgehead atoms. The third kappa shape index (κ3) is 2.79. The van der Waals surface area contributed by atoms with E-state index in [4.69, 9.17) is 6.35 Å². The number of rotatable bonds is 3. The zero-order valence-electron chi connectivity index (χ0n) is 18.5. The van der Waals surface area contributed by atoms with Crippen LogP contribution >= 0.6 is 0 Å². The van der Waals surface area contributed by atoms with Gasteiger partial charge in [-0.05, 0) is 58.3 Å². The number of imidazole rings is 1. The summed E-state index contributed by atoms with van der Waals surface area (Å²) in [5, 5.41) is 8.33. The zero-order valence-corrected chi connectivity index (χ0v) is 17.5. The van der Waals surface area contributed by atoms with Crippen LogP contribution in [0.1, 0.15) is 37.8 Å². The smallest absolute Gasteiger partial charge is 0.200 e. The number of nitrogens with zero attached hydrogens (tertiary/aromatic N) is 4. The van der Waals surface area contributed by atoms with Gasteiger partial charge in [-0.1, -0.05) is 68.4 Å². The van der Waals surface area contributed by atoms with Gasteiger partial charge < -0.3 is 0 Å². The maximum atomic E-state index is 8.43. The van der Waals surface area contributed by atoms with Crippen LogP contribution < -0.4 is 0 Å². The van der Waals surface area contributed by atoms with Gasteiger partial charge in [0.1, 0.15) is 5.82 Å². The third-order valence-electron chi connectivity index (χ3n) is 6.12. The molecule has 0 saturated carbocycles. The summed E-state index contributed by atoms with van der Waals surface area (Å²) < 4.78 is 10.6. The Hall–Kier alpha value is -3.79. The van der Waals surface area contributed by atoms with Gasteiger partial charge in [-0.15, -0.1) is 5.10 Å². The molecule has 2 aromatic heterocycles. The van der Waals surface area contributed by atoms with Crippen LogP contribution in [0.3, 0.4) is 0 Å². The summed E-state index contributed by atoms with van der Waals surface area (Å²) in [5.41, 5.74) is 9.79. The summed E-state index contributed by atoms with van der Waals surface area (Å²) in [6, 6.07) is 25.1. The Morgan fingerprint density at radius 2 is 1.74 bits per heavy atom. The Balaban J connectivity index is 1.57. The fourth-order valence-electron chi connectivity index (χ4n) is 4.60. The average Bonchev–Trinajstić information content (AvgIpc) is 3.37. The number of hydrogen-bond donors (Lipinski definition) is 0. The number of fused-ring (bicyclic) bond motifs is 4. The number of aromatic nitrogens is 4. The van der Waals surface area contributed by atoms with Crippen LogP contribution in [0, 0.1) is 0 Å². The molecule has 2 heterocycles. The second-order valence-electron chi connectivity index (χ2n) is 8.23. The van der Waals surface area contributed by atoms with Gasteiger partial charge in [0.25, 0.3) is 0 Å². The lowest BCUT2D eigenvalue weighted by atomic mass is 9.97. The van der Waals surface area contributed by atoms with Crippen LogP contribution in [0.4, 0.5) is 0 Å². The lowest BCUT2D eigenvalue weighted by Gasteiger charge is -2.12. The SMILES string of the molecule is [2H]C(C)(C)c1ccc2c(c1)Cc1c-2cccc1-c1nc2nnccc2n1-c1ccccc1. The molecule has 0 saturated heterocycles. The van der Waals surface area contributed by atoms with E-state index in [1.54, 1.807) is 6.20 Å².